The predicted octanol–water partition coefficient (Wildman–Crippen LogP) is 2.43. The van der Waals surface area contributed by atoms with Crippen molar-refractivity contribution >= 4 is 33.3 Å². The Morgan fingerprint density at radius 2 is 2.12 bits per heavy atom. The van der Waals surface area contributed by atoms with E-state index in [0.717, 1.165) is 22.6 Å². The van der Waals surface area contributed by atoms with Gasteiger partial charge in [0.1, 0.15) is 10.6 Å². The van der Waals surface area contributed by atoms with Crippen molar-refractivity contribution in [1.29, 1.82) is 0 Å². The van der Waals surface area contributed by atoms with Gasteiger partial charge in [-0.25, -0.2) is 10.8 Å². The summed E-state index contributed by atoms with van der Waals surface area (Å²) >= 11 is 1.58. The summed E-state index contributed by atoms with van der Waals surface area (Å²) < 4.78 is 0. The Balaban J connectivity index is 2.34. The van der Waals surface area contributed by atoms with E-state index < -0.39 is 0 Å². The zero-order valence-electron chi connectivity index (χ0n) is 10.2. The number of hydrogen-bond donors (Lipinski definition) is 3. The highest BCUT2D eigenvalue weighted by molar-refractivity contribution is 7.16. The first-order valence-electron chi connectivity index (χ1n) is 5.45. The lowest BCUT2D eigenvalue weighted by atomic mass is 9.97. The lowest BCUT2D eigenvalue weighted by molar-refractivity contribution is 0.442. The van der Waals surface area contributed by atoms with Gasteiger partial charge in [-0.2, -0.15) is 4.98 Å². The maximum Gasteiger partial charge on any atom is 0.240 e. The van der Waals surface area contributed by atoms with Gasteiger partial charge in [0.05, 0.1) is 5.39 Å². The molecule has 0 radical (unpaired) electrons. The highest BCUT2D eigenvalue weighted by Crippen LogP contribution is 2.27. The molecule has 0 bridgehead atoms. The predicted molar refractivity (Wildman–Crippen MR) is 73.2 cm³/mol. The summed E-state index contributed by atoms with van der Waals surface area (Å²) in [5.41, 5.74) is 2.69. The maximum atomic E-state index is 5.36. The molecule has 2 rings (SSSR count). The molecular formula is C11H17N5S. The SMILES string of the molecule is CC(C)(C)CNc1nc(NN)nc2sccc12. The monoisotopic (exact) mass is 251 g/mol. The van der Waals surface area contributed by atoms with E-state index in [9.17, 15) is 0 Å². The Labute approximate surface area is 104 Å². The normalized spacial score (nSPS) is 11.8. The van der Waals surface area contributed by atoms with E-state index in [-0.39, 0.29) is 5.41 Å². The lowest BCUT2D eigenvalue weighted by Crippen LogP contribution is -2.20. The van der Waals surface area contributed by atoms with Gasteiger partial charge < -0.3 is 5.32 Å². The van der Waals surface area contributed by atoms with Crippen LogP contribution in [-0.2, 0) is 0 Å². The summed E-state index contributed by atoms with van der Waals surface area (Å²) in [6.07, 6.45) is 0. The van der Waals surface area contributed by atoms with Crippen LogP contribution in [0.2, 0.25) is 0 Å². The van der Waals surface area contributed by atoms with Crippen molar-refractivity contribution in [3.8, 4) is 0 Å². The van der Waals surface area contributed by atoms with Crippen molar-refractivity contribution in [3.63, 3.8) is 0 Å². The first-order valence-corrected chi connectivity index (χ1v) is 6.33. The van der Waals surface area contributed by atoms with E-state index in [1.54, 1.807) is 11.3 Å². The summed E-state index contributed by atoms with van der Waals surface area (Å²) in [6, 6.07) is 2.02. The number of thiophene rings is 1. The van der Waals surface area contributed by atoms with Gasteiger partial charge in [0.2, 0.25) is 5.95 Å². The number of anilines is 2. The Hall–Kier alpha value is -1.40. The second kappa shape index (κ2) is 4.46. The second-order valence-electron chi connectivity index (χ2n) is 5.09. The van der Waals surface area contributed by atoms with E-state index in [1.807, 2.05) is 11.4 Å². The fourth-order valence-corrected chi connectivity index (χ4v) is 2.17. The molecule has 0 saturated heterocycles. The molecule has 5 nitrogen and oxygen atoms in total. The zero-order chi connectivity index (χ0) is 12.5. The van der Waals surface area contributed by atoms with Crippen molar-refractivity contribution in [2.24, 2.45) is 11.3 Å². The number of fused-ring (bicyclic) bond motifs is 1. The average molecular weight is 251 g/mol. The molecule has 0 aliphatic heterocycles. The third-order valence-electron chi connectivity index (χ3n) is 2.24. The first kappa shape index (κ1) is 12.1. The summed E-state index contributed by atoms with van der Waals surface area (Å²) in [7, 11) is 0. The smallest absolute Gasteiger partial charge is 0.240 e. The molecule has 2 heterocycles. The molecule has 0 aromatic carbocycles. The molecule has 0 aliphatic rings. The highest BCUT2D eigenvalue weighted by Gasteiger charge is 2.13. The van der Waals surface area contributed by atoms with Crippen LogP contribution < -0.4 is 16.6 Å². The van der Waals surface area contributed by atoms with E-state index >= 15 is 0 Å². The number of hydrogen-bond acceptors (Lipinski definition) is 6. The van der Waals surface area contributed by atoms with Crippen LogP contribution in [-0.4, -0.2) is 16.5 Å². The van der Waals surface area contributed by atoms with Crippen molar-refractivity contribution in [1.82, 2.24) is 9.97 Å². The van der Waals surface area contributed by atoms with Gasteiger partial charge in [0.15, 0.2) is 0 Å². The van der Waals surface area contributed by atoms with Crippen LogP contribution in [0.15, 0.2) is 11.4 Å². The molecule has 17 heavy (non-hydrogen) atoms. The van der Waals surface area contributed by atoms with Gasteiger partial charge in [0.25, 0.3) is 0 Å². The molecule has 0 spiro atoms. The van der Waals surface area contributed by atoms with Crippen LogP contribution in [0, 0.1) is 5.41 Å². The molecule has 0 unspecified atom stereocenters. The molecule has 4 N–H and O–H groups in total. The lowest BCUT2D eigenvalue weighted by Gasteiger charge is -2.19. The first-order chi connectivity index (χ1) is 7.99. The number of nitrogens with zero attached hydrogens (tertiary/aromatic N) is 2. The number of nitrogens with one attached hydrogen (secondary N) is 2. The summed E-state index contributed by atoms with van der Waals surface area (Å²) in [5, 5.41) is 6.39. The number of nitrogens with two attached hydrogens (primary N) is 1. The number of hydrazine groups is 1. The van der Waals surface area contributed by atoms with Gasteiger partial charge in [-0.15, -0.1) is 11.3 Å². The van der Waals surface area contributed by atoms with E-state index in [4.69, 9.17) is 5.84 Å². The van der Waals surface area contributed by atoms with Crippen LogP contribution in [0.25, 0.3) is 10.2 Å². The Bertz CT molecular complexity index is 514. The van der Waals surface area contributed by atoms with Gasteiger partial charge in [-0.3, -0.25) is 5.43 Å². The zero-order valence-corrected chi connectivity index (χ0v) is 11.1. The van der Waals surface area contributed by atoms with Crippen molar-refractivity contribution < 1.29 is 0 Å². The molecule has 0 amide bonds. The van der Waals surface area contributed by atoms with Gasteiger partial charge in [-0.05, 0) is 16.9 Å². The fraction of sp³-hybridized carbons (Fsp3) is 0.455. The fourth-order valence-electron chi connectivity index (χ4n) is 1.40. The van der Waals surface area contributed by atoms with Gasteiger partial charge in [-0.1, -0.05) is 20.8 Å². The molecule has 92 valence electrons. The summed E-state index contributed by atoms with van der Waals surface area (Å²) in [4.78, 5) is 9.57. The molecule has 0 atom stereocenters. The van der Waals surface area contributed by atoms with Crippen molar-refractivity contribution in [2.75, 3.05) is 17.3 Å². The van der Waals surface area contributed by atoms with Crippen molar-refractivity contribution in [2.45, 2.75) is 20.8 Å². The quantitative estimate of drug-likeness (QED) is 0.577. The third kappa shape index (κ3) is 2.83. The molecule has 0 aliphatic carbocycles. The van der Waals surface area contributed by atoms with Crippen LogP contribution in [0.1, 0.15) is 20.8 Å². The topological polar surface area (TPSA) is 75.9 Å². The Kier molecular flexibility index (Phi) is 3.17. The molecule has 0 fully saturated rings. The summed E-state index contributed by atoms with van der Waals surface area (Å²) in [6.45, 7) is 7.37. The molecule has 0 saturated carbocycles. The molecule has 6 heteroatoms. The largest absolute Gasteiger partial charge is 0.369 e. The van der Waals surface area contributed by atoms with E-state index in [0.29, 0.717) is 5.95 Å². The third-order valence-corrected chi connectivity index (χ3v) is 3.05. The molecule has 2 aromatic rings. The minimum Gasteiger partial charge on any atom is -0.369 e. The number of nitrogen functional groups attached to an aromatic ring is 1. The standard InChI is InChI=1S/C11H17N5S/c1-11(2,3)6-13-8-7-4-5-17-9(7)15-10(14-8)16-12/h4-5H,6,12H2,1-3H3,(H2,13,14,15,16). The maximum absolute atomic E-state index is 5.36. The van der Waals surface area contributed by atoms with Gasteiger partial charge >= 0.3 is 0 Å². The average Bonchev–Trinajstić information content (AvgIpc) is 2.72. The molecule has 2 aromatic heterocycles. The van der Waals surface area contributed by atoms with E-state index in [1.165, 1.54) is 0 Å². The minimum atomic E-state index is 0.198. The van der Waals surface area contributed by atoms with Crippen LogP contribution in [0.5, 0.6) is 0 Å². The summed E-state index contributed by atoms with van der Waals surface area (Å²) in [5.74, 6) is 6.64. The molecular weight excluding hydrogens is 234 g/mol. The highest BCUT2D eigenvalue weighted by atomic mass is 32.1. The van der Waals surface area contributed by atoms with Crippen molar-refractivity contribution in [3.05, 3.63) is 11.4 Å². The van der Waals surface area contributed by atoms with E-state index in [2.05, 4.69) is 41.5 Å². The number of rotatable bonds is 3. The van der Waals surface area contributed by atoms with Crippen LogP contribution in [0.3, 0.4) is 0 Å². The Morgan fingerprint density at radius 3 is 2.76 bits per heavy atom. The van der Waals surface area contributed by atoms with Crippen LogP contribution in [0.4, 0.5) is 11.8 Å². The van der Waals surface area contributed by atoms with Gasteiger partial charge in [0, 0.05) is 6.54 Å². The van der Waals surface area contributed by atoms with Crippen LogP contribution >= 0.6 is 11.3 Å². The second-order valence-corrected chi connectivity index (χ2v) is 5.99. The number of aromatic nitrogens is 2. The Morgan fingerprint density at radius 1 is 1.35 bits per heavy atom. The minimum absolute atomic E-state index is 0.198.